The summed E-state index contributed by atoms with van der Waals surface area (Å²) >= 11 is 4.03. The standard InChI is InChI=1S/C20H20I2O6S/c1-11-15(21)10-16(22)19(23)18(11)20(24)28-13-7-8-17(29(25,26)27)14(9-13)12-5-3-2-4-6-12/h7-10,12,23H,2-6H2,1H3,(H,25,26,27). The van der Waals surface area contributed by atoms with Gasteiger partial charge in [0, 0.05) is 3.57 Å². The Bertz CT molecular complexity index is 1030. The Morgan fingerprint density at radius 3 is 2.38 bits per heavy atom. The van der Waals surface area contributed by atoms with Crippen molar-refractivity contribution in [1.82, 2.24) is 0 Å². The van der Waals surface area contributed by atoms with Crippen LogP contribution in [0.2, 0.25) is 0 Å². The van der Waals surface area contributed by atoms with Gasteiger partial charge in [-0.15, -0.1) is 0 Å². The van der Waals surface area contributed by atoms with Crippen molar-refractivity contribution in [3.05, 3.63) is 48.1 Å². The van der Waals surface area contributed by atoms with Gasteiger partial charge < -0.3 is 9.84 Å². The maximum Gasteiger partial charge on any atom is 0.347 e. The minimum Gasteiger partial charge on any atom is -0.506 e. The molecule has 2 aromatic carbocycles. The number of aromatic hydroxyl groups is 1. The smallest absolute Gasteiger partial charge is 0.347 e. The lowest BCUT2D eigenvalue weighted by Gasteiger charge is -2.24. The molecule has 0 atom stereocenters. The van der Waals surface area contributed by atoms with E-state index in [4.69, 9.17) is 4.74 Å². The summed E-state index contributed by atoms with van der Waals surface area (Å²) in [5.74, 6) is -0.704. The SMILES string of the molecule is Cc1c(I)cc(I)c(O)c1C(=O)Oc1ccc(S(=O)(=O)O)c(C2CCCCC2)c1. The molecule has 0 heterocycles. The van der Waals surface area contributed by atoms with E-state index in [1.807, 2.05) is 22.6 Å². The number of ether oxygens (including phenoxy) is 1. The normalized spacial score (nSPS) is 15.3. The van der Waals surface area contributed by atoms with Crippen molar-refractivity contribution in [3.8, 4) is 11.5 Å². The van der Waals surface area contributed by atoms with E-state index >= 15 is 0 Å². The zero-order valence-electron chi connectivity index (χ0n) is 15.6. The van der Waals surface area contributed by atoms with Crippen LogP contribution in [0.5, 0.6) is 11.5 Å². The third-order valence-corrected chi connectivity index (χ3v) is 8.04. The molecular weight excluding hydrogens is 622 g/mol. The Balaban J connectivity index is 1.99. The highest BCUT2D eigenvalue weighted by Crippen LogP contribution is 2.38. The largest absolute Gasteiger partial charge is 0.506 e. The highest BCUT2D eigenvalue weighted by Gasteiger charge is 2.26. The van der Waals surface area contributed by atoms with E-state index < -0.39 is 16.1 Å². The van der Waals surface area contributed by atoms with E-state index in [1.54, 1.807) is 13.0 Å². The molecule has 156 valence electrons. The quantitative estimate of drug-likeness (QED) is 0.200. The van der Waals surface area contributed by atoms with E-state index in [0.717, 1.165) is 35.7 Å². The zero-order valence-corrected chi connectivity index (χ0v) is 20.7. The Morgan fingerprint density at radius 1 is 1.10 bits per heavy atom. The second-order valence-electron chi connectivity index (χ2n) is 7.09. The lowest BCUT2D eigenvalue weighted by Crippen LogP contribution is -2.14. The van der Waals surface area contributed by atoms with Crippen LogP contribution in [0.15, 0.2) is 29.2 Å². The Kier molecular flexibility index (Phi) is 7.11. The van der Waals surface area contributed by atoms with Gasteiger partial charge >= 0.3 is 5.97 Å². The minimum atomic E-state index is -4.39. The topological polar surface area (TPSA) is 101 Å². The van der Waals surface area contributed by atoms with Gasteiger partial charge in [-0.2, -0.15) is 8.42 Å². The maximum atomic E-state index is 12.8. The van der Waals surface area contributed by atoms with E-state index in [2.05, 4.69) is 22.6 Å². The summed E-state index contributed by atoms with van der Waals surface area (Å²) in [6.07, 6.45) is 4.68. The highest BCUT2D eigenvalue weighted by atomic mass is 127. The number of halogens is 2. The monoisotopic (exact) mass is 642 g/mol. The van der Waals surface area contributed by atoms with Crippen LogP contribution in [0.3, 0.4) is 0 Å². The number of benzene rings is 2. The lowest BCUT2D eigenvalue weighted by molar-refractivity contribution is 0.0730. The molecular formula is C20H20I2O6S. The zero-order chi connectivity index (χ0) is 21.3. The molecule has 0 bridgehead atoms. The van der Waals surface area contributed by atoms with Crippen LogP contribution in [0, 0.1) is 14.1 Å². The van der Waals surface area contributed by atoms with Crippen molar-refractivity contribution in [3.63, 3.8) is 0 Å². The van der Waals surface area contributed by atoms with Gasteiger partial charge in [0.05, 0.1) is 8.47 Å². The second-order valence-corrected chi connectivity index (χ2v) is 10.8. The number of carbonyl (C=O) groups excluding carboxylic acids is 1. The van der Waals surface area contributed by atoms with Crippen molar-refractivity contribution in [2.75, 3.05) is 0 Å². The third kappa shape index (κ3) is 5.05. The first-order chi connectivity index (χ1) is 13.6. The number of rotatable bonds is 4. The van der Waals surface area contributed by atoms with Gasteiger partial charge in [-0.3, -0.25) is 4.55 Å². The van der Waals surface area contributed by atoms with Crippen LogP contribution in [0.25, 0.3) is 0 Å². The molecule has 29 heavy (non-hydrogen) atoms. The van der Waals surface area contributed by atoms with Gasteiger partial charge in [0.1, 0.15) is 17.1 Å². The van der Waals surface area contributed by atoms with E-state index in [0.29, 0.717) is 14.7 Å². The molecule has 9 heteroatoms. The average molecular weight is 642 g/mol. The number of hydrogen-bond acceptors (Lipinski definition) is 5. The fourth-order valence-electron chi connectivity index (χ4n) is 3.67. The van der Waals surface area contributed by atoms with Gasteiger partial charge in [0.15, 0.2) is 0 Å². The van der Waals surface area contributed by atoms with E-state index in [9.17, 15) is 22.9 Å². The summed E-state index contributed by atoms with van der Waals surface area (Å²) in [5, 5.41) is 10.3. The summed E-state index contributed by atoms with van der Waals surface area (Å²) < 4.78 is 40.1. The summed E-state index contributed by atoms with van der Waals surface area (Å²) in [5.41, 5.74) is 1.16. The van der Waals surface area contributed by atoms with Gasteiger partial charge in [-0.1, -0.05) is 19.3 Å². The Morgan fingerprint density at radius 2 is 1.76 bits per heavy atom. The fraction of sp³-hybridized carbons (Fsp3) is 0.350. The predicted octanol–water partition coefficient (Wildman–Crippen LogP) is 5.42. The van der Waals surface area contributed by atoms with Crippen molar-refractivity contribution in [1.29, 1.82) is 0 Å². The fourth-order valence-corrected chi connectivity index (χ4v) is 6.19. The molecule has 0 aliphatic heterocycles. The second kappa shape index (κ2) is 9.06. The van der Waals surface area contributed by atoms with Gasteiger partial charge in [-0.05, 0) is 106 Å². The molecule has 0 amide bonds. The van der Waals surface area contributed by atoms with Crippen LogP contribution in [-0.2, 0) is 10.1 Å². The van der Waals surface area contributed by atoms with Crippen molar-refractivity contribution in [2.45, 2.75) is 49.8 Å². The molecule has 1 aliphatic rings. The Labute approximate surface area is 197 Å². The van der Waals surface area contributed by atoms with Crippen molar-refractivity contribution < 1.29 is 27.6 Å². The van der Waals surface area contributed by atoms with E-state index in [1.165, 1.54) is 18.2 Å². The molecule has 2 aromatic rings. The summed E-state index contributed by atoms with van der Waals surface area (Å²) in [7, 11) is -4.39. The van der Waals surface area contributed by atoms with Crippen LogP contribution in [-0.4, -0.2) is 24.0 Å². The van der Waals surface area contributed by atoms with Crippen molar-refractivity contribution in [2.24, 2.45) is 0 Å². The van der Waals surface area contributed by atoms with Crippen LogP contribution < -0.4 is 4.74 Å². The van der Waals surface area contributed by atoms with Gasteiger partial charge in [0.25, 0.3) is 10.1 Å². The van der Waals surface area contributed by atoms with Crippen LogP contribution >= 0.6 is 45.2 Å². The summed E-state index contributed by atoms with van der Waals surface area (Å²) in [6.45, 7) is 1.73. The molecule has 0 spiro atoms. The summed E-state index contributed by atoms with van der Waals surface area (Å²) in [6, 6.07) is 5.90. The molecule has 0 unspecified atom stereocenters. The van der Waals surface area contributed by atoms with E-state index in [-0.39, 0.29) is 27.9 Å². The van der Waals surface area contributed by atoms with Crippen LogP contribution in [0.4, 0.5) is 0 Å². The third-order valence-electron chi connectivity index (χ3n) is 5.17. The number of carbonyl (C=O) groups is 1. The van der Waals surface area contributed by atoms with Crippen LogP contribution in [0.1, 0.15) is 59.5 Å². The maximum absolute atomic E-state index is 12.8. The predicted molar refractivity (Wildman–Crippen MR) is 125 cm³/mol. The molecule has 0 radical (unpaired) electrons. The molecule has 3 rings (SSSR count). The van der Waals surface area contributed by atoms with Crippen molar-refractivity contribution >= 4 is 61.3 Å². The van der Waals surface area contributed by atoms with Gasteiger partial charge in [0.2, 0.25) is 0 Å². The molecule has 2 N–H and O–H groups in total. The first-order valence-corrected chi connectivity index (χ1v) is 12.7. The number of phenolic OH excluding ortho intramolecular Hbond substituents is 1. The van der Waals surface area contributed by atoms with Gasteiger partial charge in [-0.25, -0.2) is 4.79 Å². The lowest BCUT2D eigenvalue weighted by atomic mass is 9.84. The Hall–Kier alpha value is -0.920. The average Bonchev–Trinajstić information content (AvgIpc) is 2.66. The molecule has 1 fully saturated rings. The first kappa shape index (κ1) is 22.8. The molecule has 6 nitrogen and oxygen atoms in total. The first-order valence-electron chi connectivity index (χ1n) is 9.10. The molecule has 1 saturated carbocycles. The highest BCUT2D eigenvalue weighted by molar-refractivity contribution is 14.1. The number of hydrogen-bond donors (Lipinski definition) is 2. The summed E-state index contributed by atoms with van der Waals surface area (Å²) in [4.78, 5) is 12.6. The molecule has 1 aliphatic carbocycles. The molecule has 0 aromatic heterocycles. The number of phenols is 1. The number of esters is 1. The molecule has 0 saturated heterocycles. The minimum absolute atomic E-state index is 0.0203.